The monoisotopic (exact) mass is 422 g/mol. The van der Waals surface area contributed by atoms with E-state index >= 15 is 0 Å². The number of hydrogen-bond acceptors (Lipinski definition) is 4. The number of rotatable bonds is 5. The predicted octanol–water partition coefficient (Wildman–Crippen LogP) is 4.97. The molecule has 2 aromatic rings. The average Bonchev–Trinajstić information content (AvgIpc) is 2.96. The van der Waals surface area contributed by atoms with E-state index in [9.17, 15) is 4.79 Å². The number of nitrogens with zero attached hydrogens (tertiary/aromatic N) is 3. The molecule has 134 valence electrons. The number of benzene rings is 1. The Morgan fingerprint density at radius 2 is 2.08 bits per heavy atom. The summed E-state index contributed by atoms with van der Waals surface area (Å²) in [5, 5.41) is 12.1. The van der Waals surface area contributed by atoms with Crippen molar-refractivity contribution in [1.29, 1.82) is 0 Å². The molecular weight excluding hydrogens is 400 g/mol. The van der Waals surface area contributed by atoms with Crippen LogP contribution in [0.2, 0.25) is 0 Å². The fourth-order valence-corrected chi connectivity index (χ4v) is 4.58. The van der Waals surface area contributed by atoms with Crippen molar-refractivity contribution < 1.29 is 4.79 Å². The maximum Gasteiger partial charge on any atom is 0.237 e. The molecule has 1 aliphatic rings. The summed E-state index contributed by atoms with van der Waals surface area (Å²) in [7, 11) is 0. The Balaban J connectivity index is 1.68. The molecule has 1 fully saturated rings. The van der Waals surface area contributed by atoms with Crippen LogP contribution in [-0.2, 0) is 4.79 Å². The third-order valence-electron chi connectivity index (χ3n) is 4.52. The van der Waals surface area contributed by atoms with Crippen molar-refractivity contribution in [2.24, 2.45) is 0 Å². The molecule has 1 unspecified atom stereocenters. The number of halogens is 1. The van der Waals surface area contributed by atoms with Gasteiger partial charge in [-0.25, -0.2) is 0 Å². The quantitative estimate of drug-likeness (QED) is 0.690. The Kier molecular flexibility index (Phi) is 6.17. The average molecular weight is 423 g/mol. The van der Waals surface area contributed by atoms with E-state index < -0.39 is 0 Å². The standard InChI is InChI=1S/C18H23BrN4OS/c1-12(17(24)20-15-8-6-7-14(19)11-15)25-18-22-21-13(2)23(18)16-9-4-3-5-10-16/h6-8,11-12,16H,3-5,9-10H2,1-2H3,(H,20,24). The second kappa shape index (κ2) is 8.36. The Labute approximate surface area is 161 Å². The number of aromatic nitrogens is 3. The minimum absolute atomic E-state index is 0.0288. The van der Waals surface area contributed by atoms with E-state index in [4.69, 9.17) is 0 Å². The van der Waals surface area contributed by atoms with Crippen molar-refractivity contribution in [3.8, 4) is 0 Å². The largest absolute Gasteiger partial charge is 0.325 e. The number of anilines is 1. The normalized spacial score (nSPS) is 16.6. The lowest BCUT2D eigenvalue weighted by Gasteiger charge is -2.25. The van der Waals surface area contributed by atoms with Crippen LogP contribution in [0.1, 0.15) is 50.9 Å². The summed E-state index contributed by atoms with van der Waals surface area (Å²) in [6.45, 7) is 3.91. The van der Waals surface area contributed by atoms with E-state index in [0.29, 0.717) is 6.04 Å². The van der Waals surface area contributed by atoms with E-state index in [1.54, 1.807) is 0 Å². The van der Waals surface area contributed by atoms with Gasteiger partial charge < -0.3 is 9.88 Å². The Morgan fingerprint density at radius 3 is 2.80 bits per heavy atom. The fourth-order valence-electron chi connectivity index (χ4n) is 3.21. The van der Waals surface area contributed by atoms with Crippen molar-refractivity contribution in [1.82, 2.24) is 14.8 Å². The van der Waals surface area contributed by atoms with E-state index in [1.165, 1.54) is 43.9 Å². The lowest BCUT2D eigenvalue weighted by molar-refractivity contribution is -0.115. The van der Waals surface area contributed by atoms with E-state index in [-0.39, 0.29) is 11.2 Å². The number of carbonyl (C=O) groups is 1. The van der Waals surface area contributed by atoms with Gasteiger partial charge in [-0.2, -0.15) is 0 Å². The van der Waals surface area contributed by atoms with Gasteiger partial charge in [0, 0.05) is 16.2 Å². The maximum atomic E-state index is 12.5. The van der Waals surface area contributed by atoms with Gasteiger partial charge in [0.2, 0.25) is 5.91 Å². The Bertz CT molecular complexity index is 742. The fraction of sp³-hybridized carbons (Fsp3) is 0.500. The van der Waals surface area contributed by atoms with Gasteiger partial charge in [0.15, 0.2) is 5.16 Å². The first-order valence-corrected chi connectivity index (χ1v) is 10.4. The number of carbonyl (C=O) groups excluding carboxylic acids is 1. The molecule has 0 aliphatic heterocycles. The molecule has 3 rings (SSSR count). The zero-order valence-electron chi connectivity index (χ0n) is 14.5. The zero-order valence-corrected chi connectivity index (χ0v) is 16.9. The molecule has 25 heavy (non-hydrogen) atoms. The molecule has 1 N–H and O–H groups in total. The maximum absolute atomic E-state index is 12.5. The third-order valence-corrected chi connectivity index (χ3v) is 6.07. The minimum Gasteiger partial charge on any atom is -0.325 e. The molecule has 0 spiro atoms. The first kappa shape index (κ1) is 18.5. The summed E-state index contributed by atoms with van der Waals surface area (Å²) < 4.78 is 3.17. The number of thioether (sulfide) groups is 1. The summed E-state index contributed by atoms with van der Waals surface area (Å²) in [5.74, 6) is 0.910. The van der Waals surface area contributed by atoms with Crippen LogP contribution < -0.4 is 5.32 Å². The number of nitrogens with one attached hydrogen (secondary N) is 1. The van der Waals surface area contributed by atoms with Gasteiger partial charge in [-0.1, -0.05) is 53.0 Å². The SMILES string of the molecule is Cc1nnc(SC(C)C(=O)Nc2cccc(Br)c2)n1C1CCCCC1. The molecular formula is C18H23BrN4OS. The molecule has 0 saturated heterocycles. The first-order valence-electron chi connectivity index (χ1n) is 8.69. The molecule has 1 aromatic heterocycles. The Hall–Kier alpha value is -1.34. The molecule has 0 bridgehead atoms. The van der Waals surface area contributed by atoms with Crippen molar-refractivity contribution in [3.63, 3.8) is 0 Å². The summed E-state index contributed by atoms with van der Waals surface area (Å²) in [6, 6.07) is 8.08. The molecule has 1 saturated carbocycles. The summed E-state index contributed by atoms with van der Waals surface area (Å²) in [5.41, 5.74) is 0.789. The van der Waals surface area contributed by atoms with Gasteiger partial charge in [0.25, 0.3) is 0 Å². The van der Waals surface area contributed by atoms with Crippen LogP contribution in [0.3, 0.4) is 0 Å². The third kappa shape index (κ3) is 4.64. The van der Waals surface area contributed by atoms with Crippen LogP contribution in [0, 0.1) is 6.92 Å². The second-order valence-electron chi connectivity index (χ2n) is 6.45. The first-order chi connectivity index (χ1) is 12.0. The molecule has 1 atom stereocenters. The van der Waals surface area contributed by atoms with Crippen LogP contribution in [0.15, 0.2) is 33.9 Å². The van der Waals surface area contributed by atoms with Gasteiger partial charge in [-0.15, -0.1) is 10.2 Å². The van der Waals surface area contributed by atoms with Crippen molar-refractivity contribution in [2.75, 3.05) is 5.32 Å². The Morgan fingerprint density at radius 1 is 1.32 bits per heavy atom. The molecule has 1 heterocycles. The zero-order chi connectivity index (χ0) is 17.8. The van der Waals surface area contributed by atoms with Gasteiger partial charge in [-0.05, 0) is 44.9 Å². The van der Waals surface area contributed by atoms with Crippen molar-refractivity contribution in [3.05, 3.63) is 34.6 Å². The van der Waals surface area contributed by atoms with Crippen LogP contribution in [-0.4, -0.2) is 25.9 Å². The van der Waals surface area contributed by atoms with E-state index in [2.05, 4.69) is 36.0 Å². The highest BCUT2D eigenvalue weighted by Gasteiger charge is 2.24. The molecule has 1 aromatic carbocycles. The molecule has 5 nitrogen and oxygen atoms in total. The summed E-state index contributed by atoms with van der Waals surface area (Å²) in [4.78, 5) is 12.5. The van der Waals surface area contributed by atoms with Crippen molar-refractivity contribution in [2.45, 2.75) is 62.4 Å². The van der Waals surface area contributed by atoms with Gasteiger partial charge >= 0.3 is 0 Å². The van der Waals surface area contributed by atoms with Crippen molar-refractivity contribution >= 4 is 39.3 Å². The lowest BCUT2D eigenvalue weighted by atomic mass is 9.95. The van der Waals surface area contributed by atoms with Gasteiger partial charge in [0.1, 0.15) is 5.82 Å². The topological polar surface area (TPSA) is 59.8 Å². The van der Waals surface area contributed by atoms with Crippen LogP contribution in [0.4, 0.5) is 5.69 Å². The minimum atomic E-state index is -0.245. The number of amides is 1. The predicted molar refractivity (Wildman–Crippen MR) is 105 cm³/mol. The smallest absolute Gasteiger partial charge is 0.237 e. The highest BCUT2D eigenvalue weighted by atomic mass is 79.9. The number of hydrogen-bond donors (Lipinski definition) is 1. The highest BCUT2D eigenvalue weighted by molar-refractivity contribution is 9.10. The number of aryl methyl sites for hydroxylation is 1. The van der Waals surface area contributed by atoms with Gasteiger partial charge in [-0.3, -0.25) is 4.79 Å². The molecule has 7 heteroatoms. The summed E-state index contributed by atoms with van der Waals surface area (Å²) in [6.07, 6.45) is 6.17. The highest BCUT2D eigenvalue weighted by Crippen LogP contribution is 2.33. The summed E-state index contributed by atoms with van der Waals surface area (Å²) >= 11 is 4.90. The van der Waals surface area contributed by atoms with Gasteiger partial charge in [0.05, 0.1) is 5.25 Å². The van der Waals surface area contributed by atoms with Crippen LogP contribution in [0.5, 0.6) is 0 Å². The molecule has 0 radical (unpaired) electrons. The van der Waals surface area contributed by atoms with E-state index in [1.807, 2.05) is 38.1 Å². The molecule has 1 amide bonds. The van der Waals surface area contributed by atoms with Crippen LogP contribution >= 0.6 is 27.7 Å². The van der Waals surface area contributed by atoms with Crippen LogP contribution in [0.25, 0.3) is 0 Å². The molecule has 1 aliphatic carbocycles. The lowest BCUT2D eigenvalue weighted by Crippen LogP contribution is -2.23. The second-order valence-corrected chi connectivity index (χ2v) is 8.67. The van der Waals surface area contributed by atoms with E-state index in [0.717, 1.165) is 21.1 Å².